The third-order valence-corrected chi connectivity index (χ3v) is 2.62. The van der Waals surface area contributed by atoms with Crippen LogP contribution in [0.5, 0.6) is 11.5 Å². The first kappa shape index (κ1) is 12.4. The second kappa shape index (κ2) is 5.50. The van der Waals surface area contributed by atoms with Crippen LogP contribution < -0.4 is 9.47 Å². The van der Waals surface area contributed by atoms with Crippen molar-refractivity contribution in [3.8, 4) is 11.5 Å². The van der Waals surface area contributed by atoms with E-state index in [1.807, 2.05) is 0 Å². The van der Waals surface area contributed by atoms with E-state index in [1.165, 1.54) is 6.33 Å². The van der Waals surface area contributed by atoms with Crippen LogP contribution in [0.4, 0.5) is 0 Å². The lowest BCUT2D eigenvalue weighted by molar-refractivity contribution is 0.151. The molecular weight excluding hydrogens is 234 g/mol. The van der Waals surface area contributed by atoms with E-state index in [0.717, 1.165) is 5.56 Å². The predicted octanol–water partition coefficient (Wildman–Crippen LogP) is 1.03. The lowest BCUT2D eigenvalue weighted by Crippen LogP contribution is -2.09. The number of hydrogen-bond donors (Lipinski definition) is 1. The molecule has 1 aromatic carbocycles. The first-order chi connectivity index (χ1) is 8.74. The van der Waals surface area contributed by atoms with Crippen LogP contribution in [0.1, 0.15) is 11.7 Å². The van der Waals surface area contributed by atoms with E-state index in [0.29, 0.717) is 18.0 Å². The average Bonchev–Trinajstić information content (AvgIpc) is 2.90. The van der Waals surface area contributed by atoms with Gasteiger partial charge in [0.05, 0.1) is 26.9 Å². The van der Waals surface area contributed by atoms with E-state index < -0.39 is 6.10 Å². The predicted molar refractivity (Wildman–Crippen MR) is 64.5 cm³/mol. The third-order valence-electron chi connectivity index (χ3n) is 2.62. The Bertz CT molecular complexity index is 499. The van der Waals surface area contributed by atoms with Gasteiger partial charge in [-0.15, -0.1) is 0 Å². The van der Waals surface area contributed by atoms with Crippen LogP contribution in [-0.2, 0) is 6.54 Å². The molecular formula is C12H15N3O3. The smallest absolute Gasteiger partial charge is 0.161 e. The minimum absolute atomic E-state index is 0.343. The molecule has 18 heavy (non-hydrogen) atoms. The molecule has 0 aliphatic heterocycles. The number of ether oxygens (including phenoxy) is 2. The number of aliphatic hydroxyl groups excluding tert-OH is 1. The summed E-state index contributed by atoms with van der Waals surface area (Å²) in [5.41, 5.74) is 0.739. The zero-order chi connectivity index (χ0) is 13.0. The fraction of sp³-hybridized carbons (Fsp3) is 0.333. The Morgan fingerprint density at radius 2 is 2.06 bits per heavy atom. The van der Waals surface area contributed by atoms with Crippen molar-refractivity contribution in [2.75, 3.05) is 14.2 Å². The highest BCUT2D eigenvalue weighted by Crippen LogP contribution is 2.30. The number of hydrogen-bond acceptors (Lipinski definition) is 5. The highest BCUT2D eigenvalue weighted by Gasteiger charge is 2.12. The molecule has 0 aliphatic rings. The van der Waals surface area contributed by atoms with Crippen LogP contribution in [0.2, 0.25) is 0 Å². The molecule has 0 radical (unpaired) electrons. The molecule has 0 aliphatic carbocycles. The summed E-state index contributed by atoms with van der Waals surface area (Å²) in [5, 5.41) is 14.0. The van der Waals surface area contributed by atoms with E-state index in [4.69, 9.17) is 9.47 Å². The zero-order valence-electron chi connectivity index (χ0n) is 10.3. The molecule has 0 amide bonds. The highest BCUT2D eigenvalue weighted by molar-refractivity contribution is 5.43. The van der Waals surface area contributed by atoms with Gasteiger partial charge in [-0.2, -0.15) is 5.10 Å². The standard InChI is InChI=1S/C12H15N3O3/c1-17-11-4-3-9(5-12(11)18-2)10(16)6-15-8-13-7-14-15/h3-5,7-8,10,16H,6H2,1-2H3. The lowest BCUT2D eigenvalue weighted by Gasteiger charge is -2.14. The molecule has 1 heterocycles. The molecule has 0 bridgehead atoms. The number of rotatable bonds is 5. The zero-order valence-corrected chi connectivity index (χ0v) is 10.3. The molecule has 6 nitrogen and oxygen atoms in total. The number of aromatic nitrogens is 3. The first-order valence-electron chi connectivity index (χ1n) is 5.47. The molecule has 2 rings (SSSR count). The maximum Gasteiger partial charge on any atom is 0.161 e. The van der Waals surface area contributed by atoms with Crippen LogP contribution in [0.3, 0.4) is 0 Å². The van der Waals surface area contributed by atoms with Gasteiger partial charge in [0.25, 0.3) is 0 Å². The summed E-state index contributed by atoms with van der Waals surface area (Å²) in [6, 6.07) is 5.31. The average molecular weight is 249 g/mol. The van der Waals surface area contributed by atoms with Crippen LogP contribution in [0.25, 0.3) is 0 Å². The van der Waals surface area contributed by atoms with Gasteiger partial charge < -0.3 is 14.6 Å². The Morgan fingerprint density at radius 3 is 2.67 bits per heavy atom. The van der Waals surface area contributed by atoms with E-state index in [1.54, 1.807) is 43.4 Å². The number of aliphatic hydroxyl groups is 1. The van der Waals surface area contributed by atoms with Crippen molar-refractivity contribution in [3.63, 3.8) is 0 Å². The summed E-state index contributed by atoms with van der Waals surface area (Å²) in [6.45, 7) is 0.343. The van der Waals surface area contributed by atoms with Gasteiger partial charge in [-0.1, -0.05) is 6.07 Å². The lowest BCUT2D eigenvalue weighted by atomic mass is 10.1. The van der Waals surface area contributed by atoms with Crippen molar-refractivity contribution in [2.24, 2.45) is 0 Å². The van der Waals surface area contributed by atoms with Gasteiger partial charge >= 0.3 is 0 Å². The maximum atomic E-state index is 10.1. The van der Waals surface area contributed by atoms with E-state index in [9.17, 15) is 5.11 Å². The third kappa shape index (κ3) is 2.60. The normalized spacial score (nSPS) is 12.2. The van der Waals surface area contributed by atoms with E-state index in [-0.39, 0.29) is 0 Å². The van der Waals surface area contributed by atoms with Gasteiger partial charge in [-0.05, 0) is 17.7 Å². The Labute approximate surface area is 105 Å². The number of methoxy groups -OCH3 is 2. The van der Waals surface area contributed by atoms with Crippen molar-refractivity contribution in [2.45, 2.75) is 12.6 Å². The molecule has 1 N–H and O–H groups in total. The Hall–Kier alpha value is -2.08. The summed E-state index contributed by atoms with van der Waals surface area (Å²) in [6.07, 6.45) is 2.32. The Morgan fingerprint density at radius 1 is 1.28 bits per heavy atom. The SMILES string of the molecule is COc1ccc(C(O)Cn2cncn2)cc1OC. The quantitative estimate of drug-likeness (QED) is 0.857. The van der Waals surface area contributed by atoms with Crippen molar-refractivity contribution in [3.05, 3.63) is 36.4 Å². The molecule has 1 aromatic heterocycles. The minimum Gasteiger partial charge on any atom is -0.493 e. The van der Waals surface area contributed by atoms with E-state index >= 15 is 0 Å². The number of nitrogens with zero attached hydrogens (tertiary/aromatic N) is 3. The fourth-order valence-electron chi connectivity index (χ4n) is 1.67. The van der Waals surface area contributed by atoms with Crippen molar-refractivity contribution in [1.82, 2.24) is 14.8 Å². The monoisotopic (exact) mass is 249 g/mol. The topological polar surface area (TPSA) is 69.4 Å². The number of benzene rings is 1. The van der Waals surface area contributed by atoms with Crippen LogP contribution in [0.15, 0.2) is 30.9 Å². The van der Waals surface area contributed by atoms with Gasteiger partial charge in [0.15, 0.2) is 11.5 Å². The molecule has 1 atom stereocenters. The maximum absolute atomic E-state index is 10.1. The molecule has 6 heteroatoms. The van der Waals surface area contributed by atoms with Gasteiger partial charge in [0.1, 0.15) is 12.7 Å². The second-order valence-corrected chi connectivity index (χ2v) is 3.75. The molecule has 0 spiro atoms. The first-order valence-corrected chi connectivity index (χ1v) is 5.47. The van der Waals surface area contributed by atoms with E-state index in [2.05, 4.69) is 10.1 Å². The fourth-order valence-corrected chi connectivity index (χ4v) is 1.67. The van der Waals surface area contributed by atoms with Gasteiger partial charge in [0, 0.05) is 0 Å². The van der Waals surface area contributed by atoms with Crippen LogP contribution in [0, 0.1) is 0 Å². The summed E-state index contributed by atoms with van der Waals surface area (Å²) in [4.78, 5) is 3.83. The summed E-state index contributed by atoms with van der Waals surface area (Å²) in [7, 11) is 3.13. The van der Waals surface area contributed by atoms with Crippen molar-refractivity contribution in [1.29, 1.82) is 0 Å². The molecule has 2 aromatic rings. The van der Waals surface area contributed by atoms with Gasteiger partial charge in [0.2, 0.25) is 0 Å². The van der Waals surface area contributed by atoms with Gasteiger partial charge in [-0.3, -0.25) is 4.68 Å². The highest BCUT2D eigenvalue weighted by atomic mass is 16.5. The summed E-state index contributed by atoms with van der Waals surface area (Å²) < 4.78 is 11.9. The van der Waals surface area contributed by atoms with Crippen LogP contribution in [-0.4, -0.2) is 34.1 Å². The Kier molecular flexibility index (Phi) is 3.78. The van der Waals surface area contributed by atoms with Crippen molar-refractivity contribution < 1.29 is 14.6 Å². The minimum atomic E-state index is -0.675. The largest absolute Gasteiger partial charge is 0.493 e. The second-order valence-electron chi connectivity index (χ2n) is 3.75. The molecule has 0 saturated heterocycles. The van der Waals surface area contributed by atoms with Crippen molar-refractivity contribution >= 4 is 0 Å². The molecule has 96 valence electrons. The Balaban J connectivity index is 2.17. The van der Waals surface area contributed by atoms with Crippen LogP contribution >= 0.6 is 0 Å². The molecule has 0 saturated carbocycles. The molecule has 1 unspecified atom stereocenters. The van der Waals surface area contributed by atoms with Gasteiger partial charge in [-0.25, -0.2) is 4.98 Å². The summed E-state index contributed by atoms with van der Waals surface area (Å²) >= 11 is 0. The molecule has 0 fully saturated rings. The summed E-state index contributed by atoms with van der Waals surface area (Å²) in [5.74, 6) is 1.22.